The number of nitrogens with one attached hydrogen (secondary N) is 1. The van der Waals surface area contributed by atoms with Gasteiger partial charge in [0.15, 0.2) is 18.1 Å². The first-order chi connectivity index (χ1) is 17.9. The number of carbonyl (C=O) groups is 2. The zero-order chi connectivity index (χ0) is 26.4. The van der Waals surface area contributed by atoms with Crippen molar-refractivity contribution in [1.82, 2.24) is 4.90 Å². The Morgan fingerprint density at radius 2 is 1.78 bits per heavy atom. The fraction of sp³-hybridized carbons (Fsp3) is 0.207. The molecule has 190 valence electrons. The zero-order valence-corrected chi connectivity index (χ0v) is 22.5. The molecule has 0 spiro atoms. The molecule has 4 rings (SSSR count). The van der Waals surface area contributed by atoms with Crippen LogP contribution in [0.2, 0.25) is 0 Å². The third-order valence-corrected chi connectivity index (χ3v) is 7.14. The molecule has 2 amide bonds. The number of methoxy groups -OCH3 is 1. The predicted molar refractivity (Wildman–Crippen MR) is 153 cm³/mol. The molecule has 0 bridgehead atoms. The zero-order valence-electron chi connectivity index (χ0n) is 20.9. The number of hydrogen-bond acceptors (Lipinski definition) is 6. The van der Waals surface area contributed by atoms with Crippen molar-refractivity contribution in [2.45, 2.75) is 26.3 Å². The molecule has 1 aliphatic heterocycles. The summed E-state index contributed by atoms with van der Waals surface area (Å²) in [4.78, 5) is 27.7. The van der Waals surface area contributed by atoms with Crippen LogP contribution >= 0.6 is 24.0 Å². The van der Waals surface area contributed by atoms with Crippen LogP contribution in [0.5, 0.6) is 11.5 Å². The van der Waals surface area contributed by atoms with Crippen LogP contribution in [0.1, 0.15) is 36.5 Å². The van der Waals surface area contributed by atoms with E-state index in [2.05, 4.69) is 19.2 Å². The van der Waals surface area contributed by atoms with E-state index < -0.39 is 0 Å². The highest BCUT2D eigenvalue weighted by Gasteiger charge is 2.32. The van der Waals surface area contributed by atoms with Crippen molar-refractivity contribution in [3.8, 4) is 11.5 Å². The Balaban J connectivity index is 1.42. The largest absolute Gasteiger partial charge is 0.493 e. The summed E-state index contributed by atoms with van der Waals surface area (Å²) in [6.07, 6.45) is 1.78. The molecular weight excluding hydrogens is 504 g/mol. The Hall–Kier alpha value is -3.62. The van der Waals surface area contributed by atoms with Gasteiger partial charge in [0, 0.05) is 5.69 Å². The average Bonchev–Trinajstić information content (AvgIpc) is 3.15. The number of amides is 2. The lowest BCUT2D eigenvalue weighted by molar-refractivity contribution is -0.122. The van der Waals surface area contributed by atoms with Gasteiger partial charge in [-0.25, -0.2) is 0 Å². The second-order valence-electron chi connectivity index (χ2n) is 8.74. The Morgan fingerprint density at radius 3 is 2.51 bits per heavy atom. The molecule has 1 saturated heterocycles. The summed E-state index contributed by atoms with van der Waals surface area (Å²) >= 11 is 6.73. The lowest BCUT2D eigenvalue weighted by Gasteiger charge is -2.15. The molecule has 1 heterocycles. The Morgan fingerprint density at radius 1 is 1.05 bits per heavy atom. The minimum Gasteiger partial charge on any atom is -0.493 e. The summed E-state index contributed by atoms with van der Waals surface area (Å²) in [7, 11) is 1.53. The van der Waals surface area contributed by atoms with Crippen LogP contribution < -0.4 is 14.8 Å². The van der Waals surface area contributed by atoms with E-state index in [9.17, 15) is 9.59 Å². The van der Waals surface area contributed by atoms with Gasteiger partial charge in [0.2, 0.25) is 0 Å². The minimum absolute atomic E-state index is 0.128. The monoisotopic (exact) mass is 532 g/mol. The summed E-state index contributed by atoms with van der Waals surface area (Å²) in [5, 5.41) is 2.92. The van der Waals surface area contributed by atoms with Crippen LogP contribution in [0.4, 0.5) is 5.69 Å². The molecule has 0 unspecified atom stereocenters. The van der Waals surface area contributed by atoms with Crippen LogP contribution in [-0.2, 0) is 16.1 Å². The average molecular weight is 533 g/mol. The normalized spacial score (nSPS) is 14.4. The van der Waals surface area contributed by atoms with Crippen molar-refractivity contribution >= 4 is 51.9 Å². The van der Waals surface area contributed by atoms with E-state index in [1.165, 1.54) is 18.9 Å². The Bertz CT molecular complexity index is 1340. The molecule has 1 fully saturated rings. The second kappa shape index (κ2) is 12.1. The fourth-order valence-corrected chi connectivity index (χ4v) is 5.15. The molecule has 1 aliphatic rings. The molecule has 0 aliphatic carbocycles. The van der Waals surface area contributed by atoms with Crippen molar-refractivity contribution in [2.75, 3.05) is 19.0 Å². The van der Waals surface area contributed by atoms with E-state index in [4.69, 9.17) is 21.7 Å². The summed E-state index contributed by atoms with van der Waals surface area (Å²) in [5.41, 5.74) is 3.62. The number of anilines is 1. The topological polar surface area (TPSA) is 67.9 Å². The number of thioether (sulfide) groups is 1. The van der Waals surface area contributed by atoms with Crippen LogP contribution in [0.3, 0.4) is 0 Å². The van der Waals surface area contributed by atoms with Gasteiger partial charge in [-0.2, -0.15) is 0 Å². The third-order valence-electron chi connectivity index (χ3n) is 5.76. The SMILES string of the molecule is COc1cc(/C=C2/SC(=S)N(Cc3ccccc3)C2=O)ccc1OCC(=O)Nc1ccccc1C(C)C. The number of ether oxygens (including phenoxy) is 2. The molecule has 0 atom stereocenters. The van der Waals surface area contributed by atoms with Crippen LogP contribution in [0.15, 0.2) is 77.7 Å². The highest BCUT2D eigenvalue weighted by molar-refractivity contribution is 8.26. The van der Waals surface area contributed by atoms with Crippen LogP contribution in [0.25, 0.3) is 6.08 Å². The maximum Gasteiger partial charge on any atom is 0.266 e. The van der Waals surface area contributed by atoms with Crippen molar-refractivity contribution in [3.63, 3.8) is 0 Å². The number of rotatable bonds is 9. The number of carbonyl (C=O) groups excluding carboxylic acids is 2. The Labute approximate surface area is 226 Å². The Kier molecular flexibility index (Phi) is 8.63. The van der Waals surface area contributed by atoms with Gasteiger partial charge in [-0.05, 0) is 46.9 Å². The van der Waals surface area contributed by atoms with Gasteiger partial charge >= 0.3 is 0 Å². The van der Waals surface area contributed by atoms with E-state index in [1.54, 1.807) is 23.1 Å². The van der Waals surface area contributed by atoms with E-state index in [1.807, 2.05) is 60.7 Å². The summed E-state index contributed by atoms with van der Waals surface area (Å²) in [5.74, 6) is 0.786. The van der Waals surface area contributed by atoms with Crippen molar-refractivity contribution in [1.29, 1.82) is 0 Å². The number of para-hydroxylation sites is 1. The lowest BCUT2D eigenvalue weighted by Crippen LogP contribution is -2.27. The van der Waals surface area contributed by atoms with Gasteiger partial charge in [-0.1, -0.05) is 92.4 Å². The molecule has 0 saturated carbocycles. The molecule has 8 heteroatoms. The number of hydrogen-bond donors (Lipinski definition) is 1. The van der Waals surface area contributed by atoms with E-state index in [0.29, 0.717) is 27.3 Å². The quantitative estimate of drug-likeness (QED) is 0.260. The van der Waals surface area contributed by atoms with Crippen molar-refractivity contribution in [3.05, 3.63) is 94.4 Å². The van der Waals surface area contributed by atoms with Crippen molar-refractivity contribution < 1.29 is 19.1 Å². The first-order valence-electron chi connectivity index (χ1n) is 11.8. The second-order valence-corrected chi connectivity index (χ2v) is 10.4. The first-order valence-corrected chi connectivity index (χ1v) is 13.1. The minimum atomic E-state index is -0.263. The molecule has 37 heavy (non-hydrogen) atoms. The highest BCUT2D eigenvalue weighted by atomic mass is 32.2. The van der Waals surface area contributed by atoms with Crippen molar-refractivity contribution in [2.24, 2.45) is 0 Å². The molecule has 0 aromatic heterocycles. The van der Waals surface area contributed by atoms with E-state index in [0.717, 1.165) is 22.4 Å². The predicted octanol–water partition coefficient (Wildman–Crippen LogP) is 6.24. The standard InChI is InChI=1S/C29H28N2O4S2/c1-19(2)22-11-7-8-12-23(22)30-27(32)18-35-24-14-13-21(15-25(24)34-3)16-26-28(33)31(29(36)37-26)17-20-9-5-4-6-10-20/h4-16,19H,17-18H2,1-3H3,(H,30,32)/b26-16+. The summed E-state index contributed by atoms with van der Waals surface area (Å²) < 4.78 is 11.8. The van der Waals surface area contributed by atoms with Gasteiger partial charge < -0.3 is 14.8 Å². The van der Waals surface area contributed by atoms with Crippen LogP contribution in [-0.4, -0.2) is 34.8 Å². The number of nitrogens with zero attached hydrogens (tertiary/aromatic N) is 1. The molecule has 3 aromatic rings. The maximum atomic E-state index is 13.0. The van der Waals surface area contributed by atoms with Crippen LogP contribution in [0, 0.1) is 0 Å². The lowest BCUT2D eigenvalue weighted by atomic mass is 10.0. The third kappa shape index (κ3) is 6.58. The van der Waals surface area contributed by atoms with Gasteiger partial charge in [-0.15, -0.1) is 0 Å². The van der Waals surface area contributed by atoms with E-state index in [-0.39, 0.29) is 24.3 Å². The van der Waals surface area contributed by atoms with Gasteiger partial charge in [0.25, 0.3) is 11.8 Å². The number of benzene rings is 3. The van der Waals surface area contributed by atoms with Gasteiger partial charge in [0.05, 0.1) is 18.6 Å². The first kappa shape index (κ1) is 26.4. The molecule has 3 aromatic carbocycles. The summed E-state index contributed by atoms with van der Waals surface area (Å²) in [6, 6.07) is 22.8. The number of thiocarbonyl (C=S) groups is 1. The van der Waals surface area contributed by atoms with E-state index >= 15 is 0 Å². The molecule has 0 radical (unpaired) electrons. The summed E-state index contributed by atoms with van der Waals surface area (Å²) in [6.45, 7) is 4.42. The highest BCUT2D eigenvalue weighted by Crippen LogP contribution is 2.35. The smallest absolute Gasteiger partial charge is 0.266 e. The molecule has 6 nitrogen and oxygen atoms in total. The molecule has 1 N–H and O–H groups in total. The fourth-order valence-electron chi connectivity index (χ4n) is 3.89. The maximum absolute atomic E-state index is 13.0. The van der Waals surface area contributed by atoms with Gasteiger partial charge in [-0.3, -0.25) is 14.5 Å². The molecular formula is C29H28N2O4S2. The van der Waals surface area contributed by atoms with Gasteiger partial charge in [0.1, 0.15) is 4.32 Å².